The van der Waals surface area contributed by atoms with E-state index < -0.39 is 5.82 Å². The van der Waals surface area contributed by atoms with Gasteiger partial charge < -0.3 is 4.74 Å². The van der Waals surface area contributed by atoms with Crippen molar-refractivity contribution in [2.24, 2.45) is 0 Å². The third-order valence-electron chi connectivity index (χ3n) is 3.11. The second-order valence-electron chi connectivity index (χ2n) is 4.42. The maximum absolute atomic E-state index is 13.3. The smallest absolute Gasteiger partial charge is 0.142 e. The van der Waals surface area contributed by atoms with Gasteiger partial charge >= 0.3 is 0 Å². The molecule has 0 aliphatic carbocycles. The third kappa shape index (κ3) is 3.82. The van der Waals surface area contributed by atoms with Crippen LogP contribution in [0.25, 0.3) is 0 Å². The first-order valence-corrected chi connectivity index (χ1v) is 6.86. The molecule has 0 atom stereocenters. The fourth-order valence-corrected chi connectivity index (χ4v) is 2.55. The Morgan fingerprint density at radius 2 is 1.89 bits per heavy atom. The van der Waals surface area contributed by atoms with Gasteiger partial charge in [-0.1, -0.05) is 23.2 Å². The Morgan fingerprint density at radius 1 is 1.17 bits per heavy atom. The molecule has 0 N–H and O–H groups in total. The number of rotatable bonds is 4. The summed E-state index contributed by atoms with van der Waals surface area (Å²) in [6, 6.07) is 2.91. The van der Waals surface area contributed by atoms with Crippen molar-refractivity contribution in [3.8, 4) is 0 Å². The predicted octanol–water partition coefficient (Wildman–Crippen LogP) is 3.40. The molecule has 100 valence electrons. The molecule has 0 bridgehead atoms. The molecule has 1 aromatic rings. The van der Waals surface area contributed by atoms with Crippen molar-refractivity contribution in [1.82, 2.24) is 4.90 Å². The Bertz CT molecular complexity index is 408. The zero-order chi connectivity index (χ0) is 13.0. The minimum absolute atomic E-state index is 0.0805. The largest absolute Gasteiger partial charge is 0.379 e. The average molecular weight is 292 g/mol. The summed E-state index contributed by atoms with van der Waals surface area (Å²) in [6.07, 6.45) is 1.73. The quantitative estimate of drug-likeness (QED) is 0.789. The maximum atomic E-state index is 13.3. The molecule has 2 nitrogen and oxygen atoms in total. The van der Waals surface area contributed by atoms with E-state index in [4.69, 9.17) is 27.9 Å². The normalized spacial score (nSPS) is 17.1. The summed E-state index contributed by atoms with van der Waals surface area (Å²) in [5, 5.41) is 0.625. The van der Waals surface area contributed by atoms with Crippen LogP contribution in [0.15, 0.2) is 12.1 Å². The lowest BCUT2D eigenvalue weighted by Crippen LogP contribution is -2.36. The molecule has 0 unspecified atom stereocenters. The molecule has 5 heteroatoms. The van der Waals surface area contributed by atoms with Crippen LogP contribution < -0.4 is 0 Å². The first-order chi connectivity index (χ1) is 8.66. The fraction of sp³-hybridized carbons (Fsp3) is 0.538. The van der Waals surface area contributed by atoms with Gasteiger partial charge in [0.2, 0.25) is 0 Å². The molecule has 0 radical (unpaired) electrons. The lowest BCUT2D eigenvalue weighted by Gasteiger charge is -2.26. The van der Waals surface area contributed by atoms with Crippen LogP contribution in [0.2, 0.25) is 10.0 Å². The van der Waals surface area contributed by atoms with Gasteiger partial charge in [0.25, 0.3) is 0 Å². The summed E-state index contributed by atoms with van der Waals surface area (Å²) in [6.45, 7) is 4.54. The summed E-state index contributed by atoms with van der Waals surface area (Å²) >= 11 is 11.7. The van der Waals surface area contributed by atoms with Crippen molar-refractivity contribution in [1.29, 1.82) is 0 Å². The zero-order valence-corrected chi connectivity index (χ0v) is 11.6. The number of hydrogen-bond acceptors (Lipinski definition) is 2. The van der Waals surface area contributed by atoms with Crippen LogP contribution in [0.5, 0.6) is 0 Å². The number of ether oxygens (including phenoxy) is 1. The number of halogens is 3. The van der Waals surface area contributed by atoms with Gasteiger partial charge in [-0.2, -0.15) is 0 Å². The first-order valence-electron chi connectivity index (χ1n) is 6.10. The Balaban J connectivity index is 1.84. The highest BCUT2D eigenvalue weighted by Gasteiger charge is 2.11. The molecule has 1 aromatic carbocycles. The number of hydrogen-bond donors (Lipinski definition) is 0. The Morgan fingerprint density at radius 3 is 2.61 bits per heavy atom. The average Bonchev–Trinajstić information content (AvgIpc) is 2.37. The van der Waals surface area contributed by atoms with Gasteiger partial charge in [-0.05, 0) is 37.1 Å². The van der Waals surface area contributed by atoms with Gasteiger partial charge in [0, 0.05) is 18.1 Å². The minimum atomic E-state index is -0.401. The number of benzene rings is 1. The first kappa shape index (κ1) is 14.1. The van der Waals surface area contributed by atoms with Gasteiger partial charge in [-0.25, -0.2) is 4.39 Å². The summed E-state index contributed by atoms with van der Waals surface area (Å²) in [4.78, 5) is 2.35. The molecule has 2 rings (SSSR count). The summed E-state index contributed by atoms with van der Waals surface area (Å²) in [7, 11) is 0. The Hall–Kier alpha value is -0.350. The second kappa shape index (κ2) is 6.71. The Labute approximate surface area is 117 Å². The molecule has 0 amide bonds. The van der Waals surface area contributed by atoms with Gasteiger partial charge in [-0.15, -0.1) is 0 Å². The number of nitrogens with zero attached hydrogens (tertiary/aromatic N) is 1. The molecule has 1 aliphatic rings. The zero-order valence-electron chi connectivity index (χ0n) is 10.1. The molecular formula is C13H16Cl2FNO. The topological polar surface area (TPSA) is 12.5 Å². The van der Waals surface area contributed by atoms with E-state index in [1.165, 1.54) is 12.1 Å². The molecule has 1 fully saturated rings. The van der Waals surface area contributed by atoms with E-state index in [0.29, 0.717) is 5.02 Å². The molecule has 0 aromatic heterocycles. The van der Waals surface area contributed by atoms with E-state index in [9.17, 15) is 4.39 Å². The monoisotopic (exact) mass is 291 g/mol. The summed E-state index contributed by atoms with van der Waals surface area (Å²) in [5.74, 6) is -0.401. The number of aryl methyl sites for hydroxylation is 1. The van der Waals surface area contributed by atoms with Crippen molar-refractivity contribution in [2.45, 2.75) is 12.8 Å². The van der Waals surface area contributed by atoms with Gasteiger partial charge in [0.1, 0.15) is 5.82 Å². The standard InChI is InChI=1S/C13H16Cl2FNO/c14-11-9-12(15)13(16)8-10(11)2-1-3-17-4-6-18-7-5-17/h8-9H,1-7H2. The van der Waals surface area contributed by atoms with E-state index in [2.05, 4.69) is 4.90 Å². The highest BCUT2D eigenvalue weighted by atomic mass is 35.5. The van der Waals surface area contributed by atoms with E-state index in [-0.39, 0.29) is 5.02 Å². The maximum Gasteiger partial charge on any atom is 0.142 e. The van der Waals surface area contributed by atoms with Crippen LogP contribution in [0.3, 0.4) is 0 Å². The van der Waals surface area contributed by atoms with E-state index in [1.807, 2.05) is 0 Å². The summed E-state index contributed by atoms with van der Waals surface area (Å²) in [5.41, 5.74) is 0.826. The predicted molar refractivity (Wildman–Crippen MR) is 72.0 cm³/mol. The van der Waals surface area contributed by atoms with Crippen molar-refractivity contribution in [3.63, 3.8) is 0 Å². The SMILES string of the molecule is Fc1cc(CCCN2CCOCC2)c(Cl)cc1Cl. The third-order valence-corrected chi connectivity index (χ3v) is 3.75. The fourth-order valence-electron chi connectivity index (χ4n) is 2.07. The highest BCUT2D eigenvalue weighted by molar-refractivity contribution is 6.35. The Kier molecular flexibility index (Phi) is 5.25. The van der Waals surface area contributed by atoms with Crippen molar-refractivity contribution < 1.29 is 9.13 Å². The van der Waals surface area contributed by atoms with Crippen molar-refractivity contribution >= 4 is 23.2 Å². The van der Waals surface area contributed by atoms with Gasteiger partial charge in [0.05, 0.1) is 18.2 Å². The highest BCUT2D eigenvalue weighted by Crippen LogP contribution is 2.25. The van der Waals surface area contributed by atoms with Crippen LogP contribution in [0.4, 0.5) is 4.39 Å². The lowest BCUT2D eigenvalue weighted by atomic mass is 10.1. The van der Waals surface area contributed by atoms with Crippen LogP contribution in [-0.4, -0.2) is 37.7 Å². The molecule has 1 heterocycles. The molecule has 0 saturated carbocycles. The van der Waals surface area contributed by atoms with Gasteiger partial charge in [-0.3, -0.25) is 4.90 Å². The molecule has 1 saturated heterocycles. The number of morpholine rings is 1. The lowest BCUT2D eigenvalue weighted by molar-refractivity contribution is 0.0374. The van der Waals surface area contributed by atoms with Crippen LogP contribution in [-0.2, 0) is 11.2 Å². The van der Waals surface area contributed by atoms with Crippen LogP contribution in [0, 0.1) is 5.82 Å². The van der Waals surface area contributed by atoms with E-state index in [0.717, 1.165) is 51.3 Å². The molecule has 1 aliphatic heterocycles. The van der Waals surface area contributed by atoms with Crippen LogP contribution in [0.1, 0.15) is 12.0 Å². The van der Waals surface area contributed by atoms with Crippen molar-refractivity contribution in [2.75, 3.05) is 32.8 Å². The molecule has 0 spiro atoms. The molecule has 18 heavy (non-hydrogen) atoms. The molecular weight excluding hydrogens is 276 g/mol. The summed E-state index contributed by atoms with van der Waals surface area (Å²) < 4.78 is 18.6. The van der Waals surface area contributed by atoms with Gasteiger partial charge in [0.15, 0.2) is 0 Å². The minimum Gasteiger partial charge on any atom is -0.379 e. The van der Waals surface area contributed by atoms with E-state index >= 15 is 0 Å². The van der Waals surface area contributed by atoms with E-state index in [1.54, 1.807) is 0 Å². The second-order valence-corrected chi connectivity index (χ2v) is 5.23. The van der Waals surface area contributed by atoms with Crippen LogP contribution >= 0.6 is 23.2 Å². The van der Waals surface area contributed by atoms with Crippen molar-refractivity contribution in [3.05, 3.63) is 33.6 Å².